The van der Waals surface area contributed by atoms with Crippen LogP contribution in [0.4, 0.5) is 0 Å². The Balaban J connectivity index is 2.27. The summed E-state index contributed by atoms with van der Waals surface area (Å²) >= 11 is 0. The molecule has 1 atom stereocenters. The maximum absolute atomic E-state index is 12.0. The summed E-state index contributed by atoms with van der Waals surface area (Å²) in [5.41, 5.74) is 2.04. The van der Waals surface area contributed by atoms with Gasteiger partial charge in [-0.3, -0.25) is 4.79 Å². The lowest BCUT2D eigenvalue weighted by molar-refractivity contribution is 0.490. The maximum atomic E-state index is 12.0. The largest absolute Gasteiger partial charge is 0.313 e. The molecule has 0 saturated heterocycles. The van der Waals surface area contributed by atoms with E-state index in [2.05, 4.69) is 17.4 Å². The van der Waals surface area contributed by atoms with Crippen LogP contribution in [0.3, 0.4) is 0 Å². The van der Waals surface area contributed by atoms with E-state index in [9.17, 15) is 4.79 Å². The lowest BCUT2D eigenvalue weighted by Gasteiger charge is -2.18. The molecule has 0 aliphatic heterocycles. The summed E-state index contributed by atoms with van der Waals surface area (Å²) in [6.45, 7) is 2.48. The molecule has 1 unspecified atom stereocenters. The lowest BCUT2D eigenvalue weighted by Crippen LogP contribution is -2.29. The zero-order valence-electron chi connectivity index (χ0n) is 10.8. The standard InChI is InChI=1S/C15H18N2O/c1-12-7-6-10-17(15(12)18)11-14(16-2)13-8-4-3-5-9-13/h3-10,14,16H,11H2,1-2H3. The van der Waals surface area contributed by atoms with Crippen molar-refractivity contribution in [3.05, 3.63) is 70.1 Å². The van der Waals surface area contributed by atoms with Gasteiger partial charge in [-0.05, 0) is 25.6 Å². The molecule has 2 aromatic rings. The van der Waals surface area contributed by atoms with Crippen LogP contribution in [0.25, 0.3) is 0 Å². The molecule has 0 amide bonds. The molecule has 0 bridgehead atoms. The second kappa shape index (κ2) is 5.65. The van der Waals surface area contributed by atoms with E-state index in [0.29, 0.717) is 6.54 Å². The highest BCUT2D eigenvalue weighted by atomic mass is 16.1. The van der Waals surface area contributed by atoms with Crippen molar-refractivity contribution < 1.29 is 0 Å². The second-order valence-electron chi connectivity index (χ2n) is 4.40. The first-order valence-electron chi connectivity index (χ1n) is 6.10. The average Bonchev–Trinajstić information content (AvgIpc) is 2.41. The van der Waals surface area contributed by atoms with Gasteiger partial charge < -0.3 is 9.88 Å². The molecule has 0 radical (unpaired) electrons. The van der Waals surface area contributed by atoms with Gasteiger partial charge in [0.15, 0.2) is 0 Å². The lowest BCUT2D eigenvalue weighted by atomic mass is 10.1. The minimum Gasteiger partial charge on any atom is -0.313 e. The van der Waals surface area contributed by atoms with Gasteiger partial charge in [0.2, 0.25) is 0 Å². The monoisotopic (exact) mass is 242 g/mol. The number of hydrogen-bond acceptors (Lipinski definition) is 2. The molecule has 1 N–H and O–H groups in total. The Morgan fingerprint density at radius 1 is 1.17 bits per heavy atom. The van der Waals surface area contributed by atoms with Crippen LogP contribution in [-0.4, -0.2) is 11.6 Å². The Bertz CT molecular complexity index is 560. The molecule has 3 heteroatoms. The smallest absolute Gasteiger partial charge is 0.253 e. The van der Waals surface area contributed by atoms with Gasteiger partial charge >= 0.3 is 0 Å². The number of nitrogens with one attached hydrogen (secondary N) is 1. The van der Waals surface area contributed by atoms with Crippen LogP contribution in [0.5, 0.6) is 0 Å². The molecule has 0 aliphatic rings. The number of benzene rings is 1. The molecule has 0 spiro atoms. The minimum atomic E-state index is 0.0775. The number of likely N-dealkylation sites (N-methyl/N-ethyl adjacent to an activating group) is 1. The van der Waals surface area contributed by atoms with E-state index in [1.54, 1.807) is 4.57 Å². The van der Waals surface area contributed by atoms with E-state index in [0.717, 1.165) is 5.56 Å². The summed E-state index contributed by atoms with van der Waals surface area (Å²) in [5.74, 6) is 0. The molecular formula is C15H18N2O. The maximum Gasteiger partial charge on any atom is 0.253 e. The highest BCUT2D eigenvalue weighted by Crippen LogP contribution is 2.13. The van der Waals surface area contributed by atoms with Crippen LogP contribution in [0.2, 0.25) is 0 Å². The highest BCUT2D eigenvalue weighted by Gasteiger charge is 2.10. The van der Waals surface area contributed by atoms with Gasteiger partial charge in [0, 0.05) is 18.3 Å². The van der Waals surface area contributed by atoms with Gasteiger partial charge in [0.1, 0.15) is 0 Å². The summed E-state index contributed by atoms with van der Waals surface area (Å²) in [4.78, 5) is 12.0. The first-order valence-corrected chi connectivity index (χ1v) is 6.10. The van der Waals surface area contributed by atoms with Crippen LogP contribution in [0.1, 0.15) is 17.2 Å². The number of aromatic nitrogens is 1. The van der Waals surface area contributed by atoms with E-state index in [4.69, 9.17) is 0 Å². The number of nitrogens with zero attached hydrogens (tertiary/aromatic N) is 1. The van der Waals surface area contributed by atoms with Crippen LogP contribution in [-0.2, 0) is 6.54 Å². The number of pyridine rings is 1. The third-order valence-electron chi connectivity index (χ3n) is 3.14. The van der Waals surface area contributed by atoms with Crippen molar-refractivity contribution in [1.82, 2.24) is 9.88 Å². The van der Waals surface area contributed by atoms with Crippen molar-refractivity contribution in [3.8, 4) is 0 Å². The van der Waals surface area contributed by atoms with Crippen molar-refractivity contribution >= 4 is 0 Å². The third-order valence-corrected chi connectivity index (χ3v) is 3.14. The molecular weight excluding hydrogens is 224 g/mol. The number of aryl methyl sites for hydroxylation is 1. The summed E-state index contributed by atoms with van der Waals surface area (Å²) in [5, 5.41) is 3.25. The van der Waals surface area contributed by atoms with E-state index >= 15 is 0 Å². The van der Waals surface area contributed by atoms with Crippen LogP contribution in [0.15, 0.2) is 53.5 Å². The Morgan fingerprint density at radius 3 is 2.56 bits per heavy atom. The number of rotatable bonds is 4. The van der Waals surface area contributed by atoms with Crippen molar-refractivity contribution in [2.75, 3.05) is 7.05 Å². The predicted octanol–water partition coefficient (Wildman–Crippen LogP) is 2.12. The van der Waals surface area contributed by atoms with Crippen LogP contribution >= 0.6 is 0 Å². The SMILES string of the molecule is CNC(Cn1cccc(C)c1=O)c1ccccc1. The molecule has 94 valence electrons. The number of hydrogen-bond donors (Lipinski definition) is 1. The average molecular weight is 242 g/mol. The molecule has 0 saturated carbocycles. The molecule has 0 aliphatic carbocycles. The van der Waals surface area contributed by atoms with Gasteiger partial charge in [-0.1, -0.05) is 36.4 Å². The molecule has 3 nitrogen and oxygen atoms in total. The van der Waals surface area contributed by atoms with Crippen molar-refractivity contribution in [2.24, 2.45) is 0 Å². The summed E-state index contributed by atoms with van der Waals surface area (Å²) in [7, 11) is 1.92. The van der Waals surface area contributed by atoms with E-state index in [1.165, 1.54) is 5.56 Å². The Kier molecular flexibility index (Phi) is 3.95. The van der Waals surface area contributed by atoms with Gasteiger partial charge in [0.25, 0.3) is 5.56 Å². The van der Waals surface area contributed by atoms with E-state index < -0.39 is 0 Å². The first kappa shape index (κ1) is 12.6. The molecule has 1 aromatic heterocycles. The van der Waals surface area contributed by atoms with Crippen LogP contribution in [0, 0.1) is 6.92 Å². The molecule has 18 heavy (non-hydrogen) atoms. The quantitative estimate of drug-likeness (QED) is 0.891. The highest BCUT2D eigenvalue weighted by molar-refractivity contribution is 5.19. The van der Waals surface area contributed by atoms with Crippen molar-refractivity contribution in [1.29, 1.82) is 0 Å². The van der Waals surface area contributed by atoms with Gasteiger partial charge in [0.05, 0.1) is 6.04 Å². The third kappa shape index (κ3) is 2.68. The van der Waals surface area contributed by atoms with Crippen LogP contribution < -0.4 is 10.9 Å². The van der Waals surface area contributed by atoms with Crippen molar-refractivity contribution in [3.63, 3.8) is 0 Å². The fourth-order valence-electron chi connectivity index (χ4n) is 2.05. The van der Waals surface area contributed by atoms with Crippen molar-refractivity contribution in [2.45, 2.75) is 19.5 Å². The topological polar surface area (TPSA) is 34.0 Å². The zero-order chi connectivity index (χ0) is 13.0. The molecule has 0 fully saturated rings. The summed E-state index contributed by atoms with van der Waals surface area (Å²) in [6.07, 6.45) is 1.84. The van der Waals surface area contributed by atoms with Gasteiger partial charge in [-0.25, -0.2) is 0 Å². The Morgan fingerprint density at radius 2 is 1.89 bits per heavy atom. The molecule has 1 aromatic carbocycles. The predicted molar refractivity (Wildman–Crippen MR) is 73.7 cm³/mol. The first-order chi connectivity index (χ1) is 8.72. The second-order valence-corrected chi connectivity index (χ2v) is 4.40. The molecule has 1 heterocycles. The summed E-state index contributed by atoms with van der Waals surface area (Å²) in [6, 6.07) is 14.1. The van der Waals surface area contributed by atoms with Gasteiger partial charge in [-0.15, -0.1) is 0 Å². The fraction of sp³-hybridized carbons (Fsp3) is 0.267. The fourth-order valence-corrected chi connectivity index (χ4v) is 2.05. The summed E-state index contributed by atoms with van der Waals surface area (Å²) < 4.78 is 1.75. The Labute approximate surface area is 107 Å². The minimum absolute atomic E-state index is 0.0775. The van der Waals surface area contributed by atoms with Gasteiger partial charge in [-0.2, -0.15) is 0 Å². The normalized spacial score (nSPS) is 12.3. The van der Waals surface area contributed by atoms with E-state index in [-0.39, 0.29) is 11.6 Å². The van der Waals surface area contributed by atoms with E-state index in [1.807, 2.05) is 50.5 Å². The Hall–Kier alpha value is -1.87. The zero-order valence-corrected chi connectivity index (χ0v) is 10.8. The molecule has 2 rings (SSSR count).